The maximum atomic E-state index is 12.0. The van der Waals surface area contributed by atoms with Crippen LogP contribution in [0.4, 0.5) is 5.69 Å². The first kappa shape index (κ1) is 14.5. The Labute approximate surface area is 120 Å². The van der Waals surface area contributed by atoms with E-state index in [0.29, 0.717) is 10.4 Å². The van der Waals surface area contributed by atoms with Crippen molar-refractivity contribution >= 4 is 21.6 Å². The number of halogens is 1. The zero-order valence-electron chi connectivity index (χ0n) is 10.9. The summed E-state index contributed by atoms with van der Waals surface area (Å²) in [6.07, 6.45) is 2.70. The number of nitrogens with zero attached hydrogens (tertiary/aromatic N) is 3. The van der Waals surface area contributed by atoms with E-state index in [4.69, 9.17) is 10.8 Å². The van der Waals surface area contributed by atoms with Crippen LogP contribution in [0.25, 0.3) is 0 Å². The van der Waals surface area contributed by atoms with Gasteiger partial charge in [0.1, 0.15) is 4.47 Å². The molecule has 6 nitrogen and oxygen atoms in total. The van der Waals surface area contributed by atoms with Gasteiger partial charge in [-0.25, -0.2) is 4.68 Å². The van der Waals surface area contributed by atoms with Crippen molar-refractivity contribution in [3.05, 3.63) is 21.0 Å². The van der Waals surface area contributed by atoms with Gasteiger partial charge in [-0.15, -0.1) is 0 Å². The summed E-state index contributed by atoms with van der Waals surface area (Å²) >= 11 is 3.34. The lowest BCUT2D eigenvalue weighted by molar-refractivity contribution is 0.266. The van der Waals surface area contributed by atoms with Crippen molar-refractivity contribution in [2.24, 2.45) is 11.7 Å². The fourth-order valence-electron chi connectivity index (χ4n) is 2.37. The van der Waals surface area contributed by atoms with E-state index >= 15 is 0 Å². The molecule has 3 N–H and O–H groups in total. The monoisotopic (exact) mass is 330 g/mol. The van der Waals surface area contributed by atoms with E-state index in [1.54, 1.807) is 6.20 Å². The van der Waals surface area contributed by atoms with Crippen LogP contribution in [-0.2, 0) is 6.54 Å². The standard InChI is InChI=1S/C12H19BrN4O2/c1-8(14)9-2-3-16(7-9)10-6-15-17(4-5-18)12(19)11(10)13/h6,8-9,18H,2-5,7,14H2,1H3. The van der Waals surface area contributed by atoms with Gasteiger partial charge in [0.05, 0.1) is 25.0 Å². The minimum atomic E-state index is -0.212. The molecule has 0 amide bonds. The number of rotatable bonds is 4. The summed E-state index contributed by atoms with van der Waals surface area (Å²) in [5, 5.41) is 13.0. The van der Waals surface area contributed by atoms with E-state index in [2.05, 4.69) is 25.9 Å². The highest BCUT2D eigenvalue weighted by molar-refractivity contribution is 9.10. The topological polar surface area (TPSA) is 84.4 Å². The third-order valence-electron chi connectivity index (χ3n) is 3.59. The van der Waals surface area contributed by atoms with Crippen LogP contribution in [-0.4, -0.2) is 40.6 Å². The molecule has 2 atom stereocenters. The van der Waals surface area contributed by atoms with Crippen LogP contribution in [0.2, 0.25) is 0 Å². The summed E-state index contributed by atoms with van der Waals surface area (Å²) in [7, 11) is 0. The number of nitrogens with two attached hydrogens (primary N) is 1. The Morgan fingerprint density at radius 2 is 2.42 bits per heavy atom. The summed E-state index contributed by atoms with van der Waals surface area (Å²) in [5.74, 6) is 0.451. The van der Waals surface area contributed by atoms with Gasteiger partial charge in [-0.3, -0.25) is 4.79 Å². The number of hydrogen-bond donors (Lipinski definition) is 2. The minimum Gasteiger partial charge on any atom is -0.394 e. The second-order valence-electron chi connectivity index (χ2n) is 4.95. The predicted octanol–water partition coefficient (Wildman–Crippen LogP) is 0.172. The van der Waals surface area contributed by atoms with Crippen molar-refractivity contribution in [1.82, 2.24) is 9.78 Å². The summed E-state index contributed by atoms with van der Waals surface area (Å²) in [6, 6.07) is 0.159. The van der Waals surface area contributed by atoms with Crippen LogP contribution in [0, 0.1) is 5.92 Å². The molecule has 0 bridgehead atoms. The first-order chi connectivity index (χ1) is 9.04. The molecule has 1 fully saturated rings. The Hall–Kier alpha value is -0.920. The van der Waals surface area contributed by atoms with Crippen LogP contribution in [0.15, 0.2) is 15.5 Å². The lowest BCUT2D eigenvalue weighted by Crippen LogP contribution is -2.32. The molecule has 7 heteroatoms. The van der Waals surface area contributed by atoms with Gasteiger partial charge in [-0.05, 0) is 35.2 Å². The molecule has 1 aromatic heterocycles. The van der Waals surface area contributed by atoms with Gasteiger partial charge in [-0.1, -0.05) is 0 Å². The molecule has 1 saturated heterocycles. The van der Waals surface area contributed by atoms with E-state index in [1.807, 2.05) is 6.92 Å². The number of hydrogen-bond acceptors (Lipinski definition) is 5. The highest BCUT2D eigenvalue weighted by Gasteiger charge is 2.27. The fraction of sp³-hybridized carbons (Fsp3) is 0.667. The molecule has 1 aliphatic heterocycles. The molecule has 1 aliphatic rings. The summed E-state index contributed by atoms with van der Waals surface area (Å²) in [4.78, 5) is 14.2. The van der Waals surface area contributed by atoms with Crippen molar-refractivity contribution in [3.8, 4) is 0 Å². The van der Waals surface area contributed by atoms with Gasteiger partial charge in [0.25, 0.3) is 5.56 Å². The van der Waals surface area contributed by atoms with E-state index in [9.17, 15) is 4.79 Å². The first-order valence-corrected chi connectivity index (χ1v) is 7.21. The second-order valence-corrected chi connectivity index (χ2v) is 5.74. The lowest BCUT2D eigenvalue weighted by Gasteiger charge is -2.21. The van der Waals surface area contributed by atoms with Gasteiger partial charge in [0.15, 0.2) is 0 Å². The van der Waals surface area contributed by atoms with Crippen LogP contribution < -0.4 is 16.2 Å². The van der Waals surface area contributed by atoms with E-state index in [-0.39, 0.29) is 24.8 Å². The molecule has 0 saturated carbocycles. The summed E-state index contributed by atoms with van der Waals surface area (Å²) in [6.45, 7) is 3.85. The molecule has 19 heavy (non-hydrogen) atoms. The summed E-state index contributed by atoms with van der Waals surface area (Å²) in [5.41, 5.74) is 6.52. The molecule has 0 aliphatic carbocycles. The van der Waals surface area contributed by atoms with Gasteiger partial charge in [0, 0.05) is 19.1 Å². The summed E-state index contributed by atoms with van der Waals surface area (Å²) < 4.78 is 1.76. The van der Waals surface area contributed by atoms with Crippen molar-refractivity contribution in [1.29, 1.82) is 0 Å². The number of aliphatic hydroxyl groups is 1. The van der Waals surface area contributed by atoms with Gasteiger partial charge in [-0.2, -0.15) is 5.10 Å². The third kappa shape index (κ3) is 2.98. The Morgan fingerprint density at radius 3 is 3.00 bits per heavy atom. The Morgan fingerprint density at radius 1 is 1.68 bits per heavy atom. The molecule has 1 aromatic rings. The molecule has 2 unspecified atom stereocenters. The average Bonchev–Trinajstić information content (AvgIpc) is 2.85. The predicted molar refractivity (Wildman–Crippen MR) is 77.3 cm³/mol. The zero-order chi connectivity index (χ0) is 14.0. The van der Waals surface area contributed by atoms with Gasteiger partial charge < -0.3 is 15.7 Å². The quantitative estimate of drug-likeness (QED) is 0.822. The Balaban J connectivity index is 2.23. The Bertz CT molecular complexity index is 503. The van der Waals surface area contributed by atoms with Crippen molar-refractivity contribution in [2.75, 3.05) is 24.6 Å². The maximum Gasteiger partial charge on any atom is 0.283 e. The van der Waals surface area contributed by atoms with Gasteiger partial charge in [0.2, 0.25) is 0 Å². The highest BCUT2D eigenvalue weighted by Crippen LogP contribution is 2.28. The lowest BCUT2D eigenvalue weighted by atomic mass is 10.0. The molecule has 2 rings (SSSR count). The first-order valence-electron chi connectivity index (χ1n) is 6.41. The van der Waals surface area contributed by atoms with E-state index in [1.165, 1.54) is 4.68 Å². The van der Waals surface area contributed by atoms with Gasteiger partial charge >= 0.3 is 0 Å². The minimum absolute atomic E-state index is 0.102. The number of aromatic nitrogens is 2. The average molecular weight is 331 g/mol. The van der Waals surface area contributed by atoms with Crippen molar-refractivity contribution in [3.63, 3.8) is 0 Å². The maximum absolute atomic E-state index is 12.0. The Kier molecular flexibility index (Phi) is 4.59. The molecule has 0 aromatic carbocycles. The van der Waals surface area contributed by atoms with Crippen molar-refractivity contribution < 1.29 is 5.11 Å². The largest absolute Gasteiger partial charge is 0.394 e. The van der Waals surface area contributed by atoms with Crippen LogP contribution in [0.3, 0.4) is 0 Å². The van der Waals surface area contributed by atoms with Crippen LogP contribution in [0.5, 0.6) is 0 Å². The van der Waals surface area contributed by atoms with E-state index < -0.39 is 0 Å². The molecule has 106 valence electrons. The molecule has 2 heterocycles. The smallest absolute Gasteiger partial charge is 0.283 e. The normalized spacial score (nSPS) is 20.8. The van der Waals surface area contributed by atoms with Crippen LogP contribution in [0.1, 0.15) is 13.3 Å². The molecular formula is C12H19BrN4O2. The second kappa shape index (κ2) is 6.02. The van der Waals surface area contributed by atoms with E-state index in [0.717, 1.165) is 25.2 Å². The van der Waals surface area contributed by atoms with Crippen molar-refractivity contribution in [2.45, 2.75) is 25.9 Å². The van der Waals surface area contributed by atoms with Crippen LogP contribution >= 0.6 is 15.9 Å². The SMILES string of the molecule is CC(N)C1CCN(c2cnn(CCO)c(=O)c2Br)C1. The number of anilines is 1. The molecule has 0 spiro atoms. The molecular weight excluding hydrogens is 312 g/mol. The highest BCUT2D eigenvalue weighted by atomic mass is 79.9. The number of aliphatic hydroxyl groups excluding tert-OH is 1. The zero-order valence-corrected chi connectivity index (χ0v) is 12.5. The third-order valence-corrected chi connectivity index (χ3v) is 4.33. The molecule has 0 radical (unpaired) electrons. The fourth-order valence-corrected chi connectivity index (χ4v) is 2.92.